The van der Waals surface area contributed by atoms with Gasteiger partial charge < -0.3 is 14.5 Å². The predicted octanol–water partition coefficient (Wildman–Crippen LogP) is 4.69. The van der Waals surface area contributed by atoms with E-state index in [1.807, 2.05) is 30.3 Å². The summed E-state index contributed by atoms with van der Waals surface area (Å²) in [6.07, 6.45) is 1.55. The number of rotatable bonds is 7. The van der Waals surface area contributed by atoms with Crippen LogP contribution in [-0.4, -0.2) is 20.5 Å². The van der Waals surface area contributed by atoms with Gasteiger partial charge in [-0.1, -0.05) is 36.4 Å². The molecule has 0 fully saturated rings. The molecule has 3 aromatic carbocycles. The molecule has 0 aliphatic heterocycles. The average Bonchev–Trinajstić information content (AvgIpc) is 3.23. The van der Waals surface area contributed by atoms with Crippen LogP contribution in [0.25, 0.3) is 22.5 Å². The highest BCUT2D eigenvalue weighted by Gasteiger charge is 2.14. The number of anilines is 2. The number of nitrogens with one attached hydrogen (secondary N) is 1. The van der Waals surface area contributed by atoms with E-state index < -0.39 is 10.0 Å². The summed E-state index contributed by atoms with van der Waals surface area (Å²) in [6.45, 7) is 0.247. The summed E-state index contributed by atoms with van der Waals surface area (Å²) < 4.78 is 48.0. The lowest BCUT2D eigenvalue weighted by atomic mass is 10.0. The van der Waals surface area contributed by atoms with Crippen LogP contribution in [-0.2, 0) is 21.4 Å². The van der Waals surface area contributed by atoms with Crippen molar-refractivity contribution in [2.45, 2.75) is 11.5 Å². The maximum absolute atomic E-state index is 13.6. The van der Waals surface area contributed by atoms with Crippen molar-refractivity contribution < 1.29 is 22.0 Å². The summed E-state index contributed by atoms with van der Waals surface area (Å²) >= 11 is 0. The lowest BCUT2D eigenvalue weighted by Gasteiger charge is -2.11. The Labute approximate surface area is 184 Å². The molecular weight excluding hydrogens is 433 g/mol. The van der Waals surface area contributed by atoms with Gasteiger partial charge in [-0.2, -0.15) is 0 Å². The maximum Gasteiger partial charge on any atom is 0.299 e. The number of sulfonamides is 1. The molecule has 0 spiro atoms. The van der Waals surface area contributed by atoms with Crippen molar-refractivity contribution in [3.63, 3.8) is 0 Å². The maximum atomic E-state index is 13.6. The fourth-order valence-corrected chi connectivity index (χ4v) is 3.77. The highest BCUT2D eigenvalue weighted by atomic mass is 32.2. The molecular formula is C23H20FN3O4S. The summed E-state index contributed by atoms with van der Waals surface area (Å²) in [5, 5.41) is 8.23. The molecule has 0 aliphatic carbocycles. The zero-order valence-corrected chi connectivity index (χ0v) is 17.9. The standard InChI is InChI=1S/C23H20FN3O4S/c1-30-14-18-8-9-20(32(25,28)29)12-21(18)27-23-26-13-22(31-23)17-6-2-4-15(10-17)16-5-3-7-19(24)11-16/h2-13H,14H2,1H3,(H,26,27)(H2,25,28,29). The molecule has 0 amide bonds. The smallest absolute Gasteiger partial charge is 0.299 e. The van der Waals surface area contributed by atoms with Gasteiger partial charge >= 0.3 is 0 Å². The van der Waals surface area contributed by atoms with Crippen molar-refractivity contribution in [2.75, 3.05) is 12.4 Å². The van der Waals surface area contributed by atoms with Crippen molar-refractivity contribution in [3.8, 4) is 22.5 Å². The minimum Gasteiger partial charge on any atom is -0.423 e. The van der Waals surface area contributed by atoms with Gasteiger partial charge in [0.25, 0.3) is 6.01 Å². The van der Waals surface area contributed by atoms with Gasteiger partial charge in [0, 0.05) is 23.9 Å². The lowest BCUT2D eigenvalue weighted by Crippen LogP contribution is -2.13. The van der Waals surface area contributed by atoms with E-state index in [9.17, 15) is 12.8 Å². The Morgan fingerprint density at radius 2 is 1.75 bits per heavy atom. The third kappa shape index (κ3) is 4.86. The molecule has 1 heterocycles. The van der Waals surface area contributed by atoms with Crippen molar-refractivity contribution in [3.05, 3.63) is 84.3 Å². The van der Waals surface area contributed by atoms with Crippen LogP contribution in [0.15, 0.2) is 82.2 Å². The number of primary sulfonamides is 1. The lowest BCUT2D eigenvalue weighted by molar-refractivity contribution is 0.185. The third-order valence-electron chi connectivity index (χ3n) is 4.76. The third-order valence-corrected chi connectivity index (χ3v) is 5.67. The van der Waals surface area contributed by atoms with Crippen molar-refractivity contribution in [2.24, 2.45) is 5.14 Å². The molecule has 9 heteroatoms. The van der Waals surface area contributed by atoms with E-state index >= 15 is 0 Å². The van der Waals surface area contributed by atoms with E-state index in [-0.39, 0.29) is 23.3 Å². The second kappa shape index (κ2) is 8.91. The molecule has 0 bridgehead atoms. The normalized spacial score (nSPS) is 11.5. The summed E-state index contributed by atoms with van der Waals surface area (Å²) in [4.78, 5) is 4.19. The molecule has 7 nitrogen and oxygen atoms in total. The average molecular weight is 453 g/mol. The Kier molecular flexibility index (Phi) is 6.04. The number of aromatic nitrogens is 1. The number of ether oxygens (including phenoxy) is 1. The quantitative estimate of drug-likeness (QED) is 0.421. The number of hydrogen-bond acceptors (Lipinski definition) is 6. The fraction of sp³-hybridized carbons (Fsp3) is 0.0870. The monoisotopic (exact) mass is 453 g/mol. The first-order valence-electron chi connectivity index (χ1n) is 9.57. The molecule has 1 aromatic heterocycles. The Morgan fingerprint density at radius 1 is 1.03 bits per heavy atom. The molecule has 0 unspecified atom stereocenters. The second-order valence-corrected chi connectivity index (χ2v) is 8.60. The van der Waals surface area contributed by atoms with Crippen LogP contribution < -0.4 is 10.5 Å². The molecule has 3 N–H and O–H groups in total. The number of nitrogens with zero attached hydrogens (tertiary/aromatic N) is 1. The zero-order valence-electron chi connectivity index (χ0n) is 17.1. The van der Waals surface area contributed by atoms with E-state index in [0.29, 0.717) is 17.0 Å². The second-order valence-electron chi connectivity index (χ2n) is 7.04. The van der Waals surface area contributed by atoms with Crippen LogP contribution in [0.3, 0.4) is 0 Å². The molecule has 0 aliphatic rings. The largest absolute Gasteiger partial charge is 0.423 e. The van der Waals surface area contributed by atoms with E-state index in [0.717, 1.165) is 16.7 Å². The van der Waals surface area contributed by atoms with Gasteiger partial charge in [-0.3, -0.25) is 0 Å². The Morgan fingerprint density at radius 3 is 2.47 bits per heavy atom. The number of oxazole rings is 1. The molecule has 0 atom stereocenters. The molecule has 32 heavy (non-hydrogen) atoms. The molecule has 0 radical (unpaired) electrons. The number of hydrogen-bond donors (Lipinski definition) is 2. The fourth-order valence-electron chi connectivity index (χ4n) is 3.23. The summed E-state index contributed by atoms with van der Waals surface area (Å²) in [5.41, 5.74) is 3.47. The van der Waals surface area contributed by atoms with Crippen LogP contribution in [0.1, 0.15) is 5.56 Å². The number of halogens is 1. The van der Waals surface area contributed by atoms with E-state index in [1.54, 1.807) is 18.3 Å². The Bertz CT molecular complexity index is 1370. The Balaban J connectivity index is 1.63. The Hall–Kier alpha value is -3.53. The first-order valence-corrected chi connectivity index (χ1v) is 11.1. The van der Waals surface area contributed by atoms with Gasteiger partial charge in [-0.05, 0) is 41.5 Å². The van der Waals surface area contributed by atoms with Gasteiger partial charge in [0.2, 0.25) is 10.0 Å². The van der Waals surface area contributed by atoms with Gasteiger partial charge in [0.05, 0.1) is 17.7 Å². The minimum absolute atomic E-state index is 0.0468. The first kappa shape index (κ1) is 21.7. The molecule has 4 aromatic rings. The van der Waals surface area contributed by atoms with Crippen molar-refractivity contribution in [1.82, 2.24) is 4.98 Å². The van der Waals surface area contributed by atoms with Crippen LogP contribution in [0.2, 0.25) is 0 Å². The number of benzene rings is 3. The zero-order chi connectivity index (χ0) is 22.7. The van der Waals surface area contributed by atoms with Gasteiger partial charge in [-0.15, -0.1) is 0 Å². The first-order chi connectivity index (χ1) is 15.3. The van der Waals surface area contributed by atoms with Gasteiger partial charge in [0.1, 0.15) is 5.82 Å². The van der Waals surface area contributed by atoms with Crippen molar-refractivity contribution in [1.29, 1.82) is 0 Å². The summed E-state index contributed by atoms with van der Waals surface area (Å²) in [6, 6.07) is 18.4. The number of nitrogens with two attached hydrogens (primary N) is 1. The summed E-state index contributed by atoms with van der Waals surface area (Å²) in [7, 11) is -2.35. The summed E-state index contributed by atoms with van der Waals surface area (Å²) in [5.74, 6) is 0.175. The van der Waals surface area contributed by atoms with E-state index in [4.69, 9.17) is 14.3 Å². The molecule has 164 valence electrons. The SMILES string of the molecule is COCc1ccc(S(N)(=O)=O)cc1Nc1ncc(-c2cccc(-c3cccc(F)c3)c2)o1. The van der Waals surface area contributed by atoms with Gasteiger partial charge in [0.15, 0.2) is 5.76 Å². The topological polar surface area (TPSA) is 107 Å². The van der Waals surface area contributed by atoms with E-state index in [1.165, 1.54) is 31.4 Å². The molecule has 4 rings (SSSR count). The highest BCUT2D eigenvalue weighted by Crippen LogP contribution is 2.30. The molecule has 0 saturated carbocycles. The van der Waals surface area contributed by atoms with Crippen LogP contribution >= 0.6 is 0 Å². The predicted molar refractivity (Wildman–Crippen MR) is 119 cm³/mol. The minimum atomic E-state index is -3.88. The van der Waals surface area contributed by atoms with Gasteiger partial charge in [-0.25, -0.2) is 22.9 Å². The van der Waals surface area contributed by atoms with Crippen LogP contribution in [0, 0.1) is 5.82 Å². The molecule has 0 saturated heterocycles. The van der Waals surface area contributed by atoms with E-state index in [2.05, 4.69) is 10.3 Å². The highest BCUT2D eigenvalue weighted by molar-refractivity contribution is 7.89. The van der Waals surface area contributed by atoms with Crippen molar-refractivity contribution >= 4 is 21.7 Å². The van der Waals surface area contributed by atoms with Crippen LogP contribution in [0.4, 0.5) is 16.1 Å². The number of methoxy groups -OCH3 is 1. The van der Waals surface area contributed by atoms with Crippen LogP contribution in [0.5, 0.6) is 0 Å².